The number of hydrogen-bond acceptors (Lipinski definition) is 3. The number of para-hydroxylation sites is 1. The first-order chi connectivity index (χ1) is 14.2. The van der Waals surface area contributed by atoms with E-state index in [1.54, 1.807) is 0 Å². The van der Waals surface area contributed by atoms with Crippen molar-refractivity contribution in [3.63, 3.8) is 0 Å². The Bertz CT molecular complexity index is 1050. The lowest BCUT2D eigenvalue weighted by Gasteiger charge is -2.23. The summed E-state index contributed by atoms with van der Waals surface area (Å²) >= 11 is 0. The fourth-order valence-corrected chi connectivity index (χ4v) is 3.81. The average Bonchev–Trinajstić information content (AvgIpc) is 3.20. The molecule has 0 radical (unpaired) electrons. The Hall–Kier alpha value is -3.34. The number of aromatic nitrogens is 2. The Morgan fingerprint density at radius 3 is 2.72 bits per heavy atom. The number of pyridine rings is 1. The van der Waals surface area contributed by atoms with Gasteiger partial charge in [-0.1, -0.05) is 24.3 Å². The second-order valence-electron chi connectivity index (χ2n) is 7.11. The highest BCUT2D eigenvalue weighted by molar-refractivity contribution is 5.97. The molecule has 0 spiro atoms. The van der Waals surface area contributed by atoms with E-state index < -0.39 is 0 Å². The van der Waals surface area contributed by atoms with Crippen molar-refractivity contribution >= 4 is 23.7 Å². The molecule has 0 atom stereocenters. The second-order valence-corrected chi connectivity index (χ2v) is 7.11. The summed E-state index contributed by atoms with van der Waals surface area (Å²) in [5.41, 5.74) is 7.02. The van der Waals surface area contributed by atoms with E-state index >= 15 is 0 Å². The Morgan fingerprint density at radius 2 is 1.93 bits per heavy atom. The van der Waals surface area contributed by atoms with Crippen molar-refractivity contribution < 1.29 is 4.79 Å². The standard InChI is InChI=1S/C24H26N4O/c1-3-28(4-2)23-8-6-5-7-17(23)9-10-19-15-18(11-13-25-19)22-16-20-21(27-22)12-14-26-24(20)29/h5-11,13,15-16,27H,3-4,12,14H2,1-2H3,(H,26,29). The van der Waals surface area contributed by atoms with E-state index in [1.165, 1.54) is 11.3 Å². The zero-order valence-corrected chi connectivity index (χ0v) is 16.9. The molecule has 0 fully saturated rings. The normalized spacial score (nSPS) is 13.4. The molecule has 0 aliphatic carbocycles. The number of hydrogen-bond donors (Lipinski definition) is 2. The quantitative estimate of drug-likeness (QED) is 0.661. The number of nitrogens with one attached hydrogen (secondary N) is 2. The number of aromatic amines is 1. The summed E-state index contributed by atoms with van der Waals surface area (Å²) in [6.07, 6.45) is 6.81. The molecule has 3 heterocycles. The van der Waals surface area contributed by atoms with Crippen molar-refractivity contribution in [2.24, 2.45) is 0 Å². The number of H-pyrrole nitrogens is 1. The fraction of sp³-hybridized carbons (Fsp3) is 0.250. The van der Waals surface area contributed by atoms with Gasteiger partial charge in [0.1, 0.15) is 0 Å². The highest BCUT2D eigenvalue weighted by atomic mass is 16.1. The van der Waals surface area contributed by atoms with Gasteiger partial charge in [-0.2, -0.15) is 0 Å². The van der Waals surface area contributed by atoms with Crippen LogP contribution in [0.2, 0.25) is 0 Å². The first-order valence-corrected chi connectivity index (χ1v) is 10.2. The Balaban J connectivity index is 1.62. The van der Waals surface area contributed by atoms with Gasteiger partial charge in [-0.3, -0.25) is 9.78 Å². The number of fused-ring (bicyclic) bond motifs is 1. The maximum absolute atomic E-state index is 12.0. The first-order valence-electron chi connectivity index (χ1n) is 10.2. The lowest BCUT2D eigenvalue weighted by Crippen LogP contribution is -2.31. The lowest BCUT2D eigenvalue weighted by molar-refractivity contribution is 0.0946. The molecule has 5 nitrogen and oxygen atoms in total. The number of anilines is 1. The van der Waals surface area contributed by atoms with Crippen molar-refractivity contribution in [1.29, 1.82) is 0 Å². The van der Waals surface area contributed by atoms with E-state index in [4.69, 9.17) is 0 Å². The molecule has 1 aliphatic heterocycles. The maximum Gasteiger partial charge on any atom is 0.253 e. The molecular formula is C24H26N4O. The Labute approximate surface area is 171 Å². The van der Waals surface area contributed by atoms with E-state index in [2.05, 4.69) is 64.4 Å². The summed E-state index contributed by atoms with van der Waals surface area (Å²) in [7, 11) is 0. The number of carbonyl (C=O) groups is 1. The van der Waals surface area contributed by atoms with Crippen LogP contribution in [-0.2, 0) is 6.42 Å². The number of amides is 1. The molecule has 0 saturated carbocycles. The highest BCUT2D eigenvalue weighted by Crippen LogP contribution is 2.26. The van der Waals surface area contributed by atoms with Gasteiger partial charge < -0.3 is 15.2 Å². The number of carbonyl (C=O) groups excluding carboxylic acids is 1. The first kappa shape index (κ1) is 19.0. The van der Waals surface area contributed by atoms with Crippen molar-refractivity contribution in [3.05, 3.63) is 71.2 Å². The van der Waals surface area contributed by atoms with E-state index in [0.29, 0.717) is 6.54 Å². The monoisotopic (exact) mass is 386 g/mol. The molecule has 1 amide bonds. The molecule has 29 heavy (non-hydrogen) atoms. The van der Waals surface area contributed by atoms with Gasteiger partial charge in [-0.25, -0.2) is 0 Å². The molecule has 4 rings (SSSR count). The molecule has 148 valence electrons. The van der Waals surface area contributed by atoms with Gasteiger partial charge in [0.05, 0.1) is 11.3 Å². The van der Waals surface area contributed by atoms with E-state index in [9.17, 15) is 4.79 Å². The molecule has 2 N–H and O–H groups in total. The van der Waals surface area contributed by atoms with Gasteiger partial charge >= 0.3 is 0 Å². The molecule has 0 unspecified atom stereocenters. The zero-order valence-electron chi connectivity index (χ0n) is 16.9. The summed E-state index contributed by atoms with van der Waals surface area (Å²) < 4.78 is 0. The Kier molecular flexibility index (Phi) is 5.47. The predicted molar refractivity (Wildman–Crippen MR) is 119 cm³/mol. The van der Waals surface area contributed by atoms with Gasteiger partial charge in [-0.05, 0) is 49.8 Å². The van der Waals surface area contributed by atoms with Crippen molar-refractivity contribution in [1.82, 2.24) is 15.3 Å². The average molecular weight is 386 g/mol. The van der Waals surface area contributed by atoms with Gasteiger partial charge in [-0.15, -0.1) is 0 Å². The van der Waals surface area contributed by atoms with E-state index in [0.717, 1.165) is 47.7 Å². The summed E-state index contributed by atoms with van der Waals surface area (Å²) in [6.45, 7) is 6.97. The van der Waals surface area contributed by atoms with Crippen LogP contribution in [0.25, 0.3) is 23.4 Å². The van der Waals surface area contributed by atoms with Crippen LogP contribution < -0.4 is 10.2 Å². The molecule has 0 bridgehead atoms. The third-order valence-electron chi connectivity index (χ3n) is 5.37. The minimum absolute atomic E-state index is 0.00376. The molecule has 5 heteroatoms. The smallest absolute Gasteiger partial charge is 0.253 e. The van der Waals surface area contributed by atoms with Crippen molar-refractivity contribution in [2.45, 2.75) is 20.3 Å². The third kappa shape index (κ3) is 3.94. The van der Waals surface area contributed by atoms with Crippen LogP contribution in [0.3, 0.4) is 0 Å². The largest absolute Gasteiger partial charge is 0.372 e. The molecule has 2 aromatic heterocycles. The van der Waals surface area contributed by atoms with E-state index in [-0.39, 0.29) is 5.91 Å². The molecule has 3 aromatic rings. The van der Waals surface area contributed by atoms with Gasteiger partial charge in [0.2, 0.25) is 0 Å². The van der Waals surface area contributed by atoms with Crippen LogP contribution >= 0.6 is 0 Å². The molecule has 1 aliphatic rings. The van der Waals surface area contributed by atoms with Crippen LogP contribution in [0, 0.1) is 0 Å². The molecule has 0 saturated heterocycles. The van der Waals surface area contributed by atoms with Gasteiger partial charge in [0.25, 0.3) is 5.91 Å². The van der Waals surface area contributed by atoms with Crippen LogP contribution in [-0.4, -0.2) is 35.5 Å². The number of nitrogens with zero attached hydrogens (tertiary/aromatic N) is 2. The molecular weight excluding hydrogens is 360 g/mol. The minimum atomic E-state index is -0.00376. The molecule has 1 aromatic carbocycles. The SMILES string of the molecule is CCN(CC)c1ccccc1C=Cc1cc(-c2cc3c([nH]2)CCNC3=O)ccn1. The maximum atomic E-state index is 12.0. The summed E-state index contributed by atoms with van der Waals surface area (Å²) in [6, 6.07) is 14.4. The summed E-state index contributed by atoms with van der Waals surface area (Å²) in [5.74, 6) is -0.00376. The van der Waals surface area contributed by atoms with Crippen LogP contribution in [0.4, 0.5) is 5.69 Å². The van der Waals surface area contributed by atoms with Crippen molar-refractivity contribution in [2.75, 3.05) is 24.5 Å². The summed E-state index contributed by atoms with van der Waals surface area (Å²) in [5, 5.41) is 2.89. The van der Waals surface area contributed by atoms with Gasteiger partial charge in [0, 0.05) is 54.9 Å². The summed E-state index contributed by atoms with van der Waals surface area (Å²) in [4.78, 5) is 22.3. The van der Waals surface area contributed by atoms with Crippen LogP contribution in [0.15, 0.2) is 48.7 Å². The highest BCUT2D eigenvalue weighted by Gasteiger charge is 2.19. The minimum Gasteiger partial charge on any atom is -0.372 e. The van der Waals surface area contributed by atoms with Crippen molar-refractivity contribution in [3.8, 4) is 11.3 Å². The van der Waals surface area contributed by atoms with E-state index in [1.807, 2.05) is 30.5 Å². The number of benzene rings is 1. The predicted octanol–water partition coefficient (Wildman–Crippen LogP) is 4.38. The fourth-order valence-electron chi connectivity index (χ4n) is 3.81. The second kappa shape index (κ2) is 8.35. The van der Waals surface area contributed by atoms with Crippen LogP contribution in [0.5, 0.6) is 0 Å². The lowest BCUT2D eigenvalue weighted by atomic mass is 10.1. The van der Waals surface area contributed by atoms with Crippen LogP contribution in [0.1, 0.15) is 41.2 Å². The zero-order chi connectivity index (χ0) is 20.2. The topological polar surface area (TPSA) is 61.0 Å². The third-order valence-corrected chi connectivity index (χ3v) is 5.37. The van der Waals surface area contributed by atoms with Gasteiger partial charge in [0.15, 0.2) is 0 Å². The Morgan fingerprint density at radius 1 is 1.10 bits per heavy atom. The number of rotatable bonds is 6.